The molecule has 120 valence electrons. The summed E-state index contributed by atoms with van der Waals surface area (Å²) < 4.78 is 9.69. The molecule has 0 saturated carbocycles. The normalized spacial score (nSPS) is 16.7. The minimum absolute atomic E-state index is 0.000833. The van der Waals surface area contributed by atoms with Gasteiger partial charge in [-0.1, -0.05) is 9.79 Å². The molecule has 11 nitrogen and oxygen atoms in total. The molecule has 1 atom stereocenters. The smallest absolute Gasteiger partial charge is 0.289 e. The van der Waals surface area contributed by atoms with Crippen LogP contribution in [-0.2, 0) is 0 Å². The Labute approximate surface area is 130 Å². The fraction of sp³-hybridized carbons (Fsp3) is 0.182. The Bertz CT molecular complexity index is 902. The highest BCUT2D eigenvalue weighted by Gasteiger charge is 2.49. The lowest BCUT2D eigenvalue weighted by Gasteiger charge is -2.14. The van der Waals surface area contributed by atoms with Gasteiger partial charge >= 0.3 is 0 Å². The number of nitrogens with zero attached hydrogens (tertiary/aromatic N) is 3. The maximum atomic E-state index is 11.9. The molecule has 0 bridgehead atoms. The number of rotatable bonds is 3. The standard InChI is InChI=1S/C11H8N4O7S/c1-21-7-2-3-23-11(7)8-5(13(16)17)4-6(14(18)19)9-10(8)15(20)22-12-9/h2-4,8,12H,1H3. The predicted molar refractivity (Wildman–Crippen MR) is 75.3 cm³/mol. The second kappa shape index (κ2) is 5.24. The molecule has 1 aliphatic carbocycles. The van der Waals surface area contributed by atoms with E-state index in [1.807, 2.05) is 0 Å². The van der Waals surface area contributed by atoms with Crippen LogP contribution in [-0.4, -0.2) is 27.8 Å². The summed E-state index contributed by atoms with van der Waals surface area (Å²) in [7, 11) is 1.38. The number of methoxy groups -OCH3 is 1. The van der Waals surface area contributed by atoms with Crippen LogP contribution in [0.5, 0.6) is 5.75 Å². The van der Waals surface area contributed by atoms with E-state index in [2.05, 4.69) is 9.79 Å². The van der Waals surface area contributed by atoms with E-state index in [-0.39, 0.29) is 16.0 Å². The summed E-state index contributed by atoms with van der Waals surface area (Å²) >= 11 is 1.13. The first-order chi connectivity index (χ1) is 11.0. The van der Waals surface area contributed by atoms with Crippen molar-refractivity contribution in [1.29, 1.82) is 0 Å². The zero-order chi connectivity index (χ0) is 16.7. The Hall–Kier alpha value is -3.15. The Kier molecular flexibility index (Phi) is 3.37. The molecule has 1 unspecified atom stereocenters. The van der Waals surface area contributed by atoms with Crippen LogP contribution in [0.3, 0.4) is 0 Å². The first-order valence-electron chi connectivity index (χ1n) is 6.09. The van der Waals surface area contributed by atoms with E-state index in [0.29, 0.717) is 10.6 Å². The van der Waals surface area contributed by atoms with Gasteiger partial charge in [-0.2, -0.15) is 4.90 Å². The summed E-state index contributed by atoms with van der Waals surface area (Å²) in [6.45, 7) is 0. The van der Waals surface area contributed by atoms with Crippen molar-refractivity contribution in [2.45, 2.75) is 5.92 Å². The molecule has 0 spiro atoms. The highest BCUT2D eigenvalue weighted by Crippen LogP contribution is 2.42. The van der Waals surface area contributed by atoms with E-state index in [1.165, 1.54) is 7.11 Å². The number of hydrogen-bond donors (Lipinski definition) is 1. The van der Waals surface area contributed by atoms with Gasteiger partial charge in [0.25, 0.3) is 22.8 Å². The highest BCUT2D eigenvalue weighted by atomic mass is 32.1. The average Bonchev–Trinajstić information content (AvgIpc) is 3.12. The zero-order valence-electron chi connectivity index (χ0n) is 11.4. The van der Waals surface area contributed by atoms with Crippen molar-refractivity contribution in [3.05, 3.63) is 64.9 Å². The maximum Gasteiger partial charge on any atom is 0.289 e. The second-order valence-electron chi connectivity index (χ2n) is 4.47. The minimum atomic E-state index is -1.15. The SMILES string of the molecule is COc1ccsc1C1C([N+](=O)[O-])=CC(=[N+]([O-])[O-])c2[nH]o[n+](=O)c21. The molecular formula is C11H8N4O7S. The molecule has 2 heterocycles. The lowest BCUT2D eigenvalue weighted by molar-refractivity contribution is -0.720. The lowest BCUT2D eigenvalue weighted by Crippen LogP contribution is -2.30. The number of hydrogen-bond acceptors (Lipinski definition) is 8. The fourth-order valence-electron chi connectivity index (χ4n) is 2.40. The van der Waals surface area contributed by atoms with Crippen LogP contribution in [0.4, 0.5) is 0 Å². The van der Waals surface area contributed by atoms with Crippen LogP contribution in [0.2, 0.25) is 0 Å². The van der Waals surface area contributed by atoms with Crippen molar-refractivity contribution in [3.8, 4) is 5.75 Å². The maximum absolute atomic E-state index is 11.9. The Morgan fingerprint density at radius 1 is 1.43 bits per heavy atom. The molecule has 0 saturated heterocycles. The number of allylic oxidation sites excluding steroid dienone is 2. The van der Waals surface area contributed by atoms with Crippen LogP contribution in [0.25, 0.3) is 0 Å². The first kappa shape index (κ1) is 14.8. The minimum Gasteiger partial charge on any atom is -0.612 e. The molecule has 23 heavy (non-hydrogen) atoms. The number of aromatic amines is 1. The number of nitrogens with one attached hydrogen (secondary N) is 1. The van der Waals surface area contributed by atoms with Crippen molar-refractivity contribution < 1.29 is 23.8 Å². The lowest BCUT2D eigenvalue weighted by atomic mass is 9.90. The summed E-state index contributed by atoms with van der Waals surface area (Å²) in [5, 5.41) is 37.4. The summed E-state index contributed by atoms with van der Waals surface area (Å²) in [5.74, 6) is -0.810. The molecule has 2 aromatic rings. The van der Waals surface area contributed by atoms with E-state index in [0.717, 1.165) is 17.4 Å². The van der Waals surface area contributed by atoms with Gasteiger partial charge < -0.3 is 15.2 Å². The molecule has 0 aromatic carbocycles. The number of aromatic nitrogens is 2. The van der Waals surface area contributed by atoms with E-state index < -0.39 is 27.2 Å². The van der Waals surface area contributed by atoms with Gasteiger partial charge in [-0.3, -0.25) is 10.1 Å². The molecule has 0 fully saturated rings. The van der Waals surface area contributed by atoms with Crippen molar-refractivity contribution in [2.75, 3.05) is 7.11 Å². The van der Waals surface area contributed by atoms with Crippen LogP contribution in [0.15, 0.2) is 27.8 Å². The molecule has 0 radical (unpaired) electrons. The summed E-state index contributed by atoms with van der Waals surface area (Å²) in [5.41, 5.74) is -1.59. The highest BCUT2D eigenvalue weighted by molar-refractivity contribution is 7.10. The fourth-order valence-corrected chi connectivity index (χ4v) is 3.37. The predicted octanol–water partition coefficient (Wildman–Crippen LogP) is 0.696. The van der Waals surface area contributed by atoms with E-state index in [1.54, 1.807) is 11.4 Å². The molecule has 0 aliphatic heterocycles. The largest absolute Gasteiger partial charge is 0.612 e. The van der Waals surface area contributed by atoms with E-state index >= 15 is 0 Å². The third kappa shape index (κ3) is 2.15. The van der Waals surface area contributed by atoms with Gasteiger partial charge in [0.05, 0.1) is 23.0 Å². The summed E-state index contributed by atoms with van der Waals surface area (Å²) in [6.07, 6.45) is 0.818. The molecule has 1 aliphatic rings. The summed E-state index contributed by atoms with van der Waals surface area (Å²) in [4.78, 5) is 22.1. The van der Waals surface area contributed by atoms with Crippen LogP contribution < -0.4 is 9.34 Å². The number of ether oxygens (including phenoxy) is 1. The van der Waals surface area contributed by atoms with Crippen LogP contribution in [0, 0.1) is 25.4 Å². The molecule has 0 amide bonds. The number of H-pyrrole nitrogens is 1. The van der Waals surface area contributed by atoms with Crippen molar-refractivity contribution in [1.82, 2.24) is 5.16 Å². The average molecular weight is 340 g/mol. The van der Waals surface area contributed by atoms with Crippen LogP contribution >= 0.6 is 11.3 Å². The van der Waals surface area contributed by atoms with Gasteiger partial charge in [-0.15, -0.1) is 11.3 Å². The van der Waals surface area contributed by atoms with Crippen molar-refractivity contribution >= 4 is 17.0 Å². The molecule has 2 aromatic heterocycles. The first-order valence-corrected chi connectivity index (χ1v) is 6.97. The van der Waals surface area contributed by atoms with Gasteiger partial charge in [0, 0.05) is 0 Å². The molecular weight excluding hydrogens is 332 g/mol. The monoisotopic (exact) mass is 340 g/mol. The van der Waals surface area contributed by atoms with Gasteiger partial charge in [-0.05, 0) is 16.4 Å². The van der Waals surface area contributed by atoms with Crippen molar-refractivity contribution in [3.63, 3.8) is 0 Å². The van der Waals surface area contributed by atoms with Gasteiger partial charge in [-0.25, -0.2) is 0 Å². The Morgan fingerprint density at radius 2 is 2.17 bits per heavy atom. The number of thiophene rings is 1. The second-order valence-corrected chi connectivity index (χ2v) is 5.41. The van der Waals surface area contributed by atoms with E-state index in [4.69, 9.17) is 4.74 Å². The number of fused-ring (bicyclic) bond motifs is 1. The summed E-state index contributed by atoms with van der Waals surface area (Å²) in [6, 6.07) is 1.59. The zero-order valence-corrected chi connectivity index (χ0v) is 12.2. The van der Waals surface area contributed by atoms with Crippen molar-refractivity contribution in [2.24, 2.45) is 0 Å². The molecule has 3 rings (SSSR count). The van der Waals surface area contributed by atoms with E-state index in [9.17, 15) is 25.4 Å². The van der Waals surface area contributed by atoms with Gasteiger partial charge in [0.2, 0.25) is 0 Å². The van der Waals surface area contributed by atoms with Gasteiger partial charge in [0.1, 0.15) is 5.75 Å². The topological polar surface area (TPSA) is 153 Å². The third-order valence-corrected chi connectivity index (χ3v) is 4.30. The molecule has 1 N–H and O–H groups in total. The van der Waals surface area contributed by atoms with Crippen LogP contribution in [0.1, 0.15) is 22.2 Å². The van der Waals surface area contributed by atoms with Gasteiger partial charge in [0.15, 0.2) is 10.5 Å². The Morgan fingerprint density at radius 3 is 2.78 bits per heavy atom. The molecule has 12 heteroatoms. The third-order valence-electron chi connectivity index (χ3n) is 3.34. The Balaban J connectivity index is 2.35. The number of nitro groups is 1. The quantitative estimate of drug-likeness (QED) is 0.490.